The summed E-state index contributed by atoms with van der Waals surface area (Å²) in [6.07, 6.45) is 1.10. The topological polar surface area (TPSA) is 61.9 Å². The van der Waals surface area contributed by atoms with E-state index in [2.05, 4.69) is 36.2 Å². The predicted octanol–water partition coefficient (Wildman–Crippen LogP) is 1.93. The first kappa shape index (κ1) is 19.4. The lowest BCUT2D eigenvalue weighted by atomic mass is 9.99. The Balaban J connectivity index is 1.76. The SMILES string of the molecule is CCC(C)c1ccc(NC(=O)CN2CCN(C(=O)COC)CC2)cc1. The van der Waals surface area contributed by atoms with Gasteiger partial charge in [-0.2, -0.15) is 0 Å². The number of hydrogen-bond acceptors (Lipinski definition) is 4. The van der Waals surface area contributed by atoms with Gasteiger partial charge in [0.1, 0.15) is 6.61 Å². The van der Waals surface area contributed by atoms with Crippen molar-refractivity contribution < 1.29 is 14.3 Å². The van der Waals surface area contributed by atoms with Gasteiger partial charge in [-0.3, -0.25) is 14.5 Å². The van der Waals surface area contributed by atoms with Crippen LogP contribution < -0.4 is 5.32 Å². The van der Waals surface area contributed by atoms with Crippen LogP contribution in [0.15, 0.2) is 24.3 Å². The molecule has 2 rings (SSSR count). The third-order valence-electron chi connectivity index (χ3n) is 4.74. The maximum absolute atomic E-state index is 12.2. The summed E-state index contributed by atoms with van der Waals surface area (Å²) >= 11 is 0. The van der Waals surface area contributed by atoms with E-state index in [1.165, 1.54) is 12.7 Å². The predicted molar refractivity (Wildman–Crippen MR) is 98.7 cm³/mol. The molecule has 1 aromatic rings. The molecule has 1 fully saturated rings. The van der Waals surface area contributed by atoms with Crippen molar-refractivity contribution in [3.8, 4) is 0 Å². The average molecular weight is 347 g/mol. The molecule has 25 heavy (non-hydrogen) atoms. The van der Waals surface area contributed by atoms with Crippen LogP contribution in [0.4, 0.5) is 5.69 Å². The van der Waals surface area contributed by atoms with E-state index in [1.807, 2.05) is 12.1 Å². The van der Waals surface area contributed by atoms with Crippen molar-refractivity contribution in [2.75, 3.05) is 51.8 Å². The fraction of sp³-hybridized carbons (Fsp3) is 0.579. The second-order valence-corrected chi connectivity index (χ2v) is 6.57. The van der Waals surface area contributed by atoms with E-state index in [1.54, 1.807) is 4.90 Å². The second kappa shape index (κ2) is 9.53. The summed E-state index contributed by atoms with van der Waals surface area (Å²) in [6, 6.07) is 8.06. The molecule has 1 aliphatic heterocycles. The molecule has 1 unspecified atom stereocenters. The third kappa shape index (κ3) is 5.83. The molecule has 0 aromatic heterocycles. The number of carbonyl (C=O) groups excluding carboxylic acids is 2. The normalized spacial score (nSPS) is 16.5. The Morgan fingerprint density at radius 3 is 2.36 bits per heavy atom. The van der Waals surface area contributed by atoms with Gasteiger partial charge in [-0.1, -0.05) is 26.0 Å². The maximum Gasteiger partial charge on any atom is 0.248 e. The summed E-state index contributed by atoms with van der Waals surface area (Å²) in [5, 5.41) is 2.95. The summed E-state index contributed by atoms with van der Waals surface area (Å²) in [5.41, 5.74) is 2.11. The van der Waals surface area contributed by atoms with Gasteiger partial charge in [-0.15, -0.1) is 0 Å². The minimum Gasteiger partial charge on any atom is -0.375 e. The zero-order chi connectivity index (χ0) is 18.2. The highest BCUT2D eigenvalue weighted by atomic mass is 16.5. The largest absolute Gasteiger partial charge is 0.375 e. The number of carbonyl (C=O) groups is 2. The highest BCUT2D eigenvalue weighted by Gasteiger charge is 2.22. The van der Waals surface area contributed by atoms with Crippen molar-refractivity contribution in [3.05, 3.63) is 29.8 Å². The molecule has 1 heterocycles. The van der Waals surface area contributed by atoms with Crippen LogP contribution in [0.25, 0.3) is 0 Å². The third-order valence-corrected chi connectivity index (χ3v) is 4.74. The number of piperazine rings is 1. The molecule has 6 nitrogen and oxygen atoms in total. The van der Waals surface area contributed by atoms with Gasteiger partial charge in [0.05, 0.1) is 6.54 Å². The molecule has 6 heteroatoms. The molecule has 0 spiro atoms. The summed E-state index contributed by atoms with van der Waals surface area (Å²) in [7, 11) is 1.52. The first-order valence-electron chi connectivity index (χ1n) is 8.92. The van der Waals surface area contributed by atoms with E-state index < -0.39 is 0 Å². The minimum absolute atomic E-state index is 0.00741. The van der Waals surface area contributed by atoms with Gasteiger partial charge in [0.25, 0.3) is 0 Å². The number of amides is 2. The molecular weight excluding hydrogens is 318 g/mol. The number of nitrogens with one attached hydrogen (secondary N) is 1. The monoisotopic (exact) mass is 347 g/mol. The standard InChI is InChI=1S/C19H29N3O3/c1-4-15(2)16-5-7-17(8-6-16)20-18(23)13-21-9-11-22(12-10-21)19(24)14-25-3/h5-8,15H,4,9-14H2,1-3H3,(H,20,23). The van der Waals surface area contributed by atoms with Crippen molar-refractivity contribution in [3.63, 3.8) is 0 Å². The highest BCUT2D eigenvalue weighted by Crippen LogP contribution is 2.20. The Morgan fingerprint density at radius 1 is 1.16 bits per heavy atom. The van der Waals surface area contributed by atoms with Crippen LogP contribution >= 0.6 is 0 Å². The Morgan fingerprint density at radius 2 is 1.80 bits per heavy atom. The number of methoxy groups -OCH3 is 1. The van der Waals surface area contributed by atoms with Crippen LogP contribution in [0, 0.1) is 0 Å². The van der Waals surface area contributed by atoms with E-state index >= 15 is 0 Å². The highest BCUT2D eigenvalue weighted by molar-refractivity contribution is 5.92. The van der Waals surface area contributed by atoms with Gasteiger partial charge in [0, 0.05) is 39.0 Å². The average Bonchev–Trinajstić information content (AvgIpc) is 2.62. The quantitative estimate of drug-likeness (QED) is 0.819. The molecule has 1 aromatic carbocycles. The van der Waals surface area contributed by atoms with Crippen LogP contribution in [-0.2, 0) is 14.3 Å². The second-order valence-electron chi connectivity index (χ2n) is 6.57. The summed E-state index contributed by atoms with van der Waals surface area (Å²) in [4.78, 5) is 27.8. The summed E-state index contributed by atoms with van der Waals surface area (Å²) in [6.45, 7) is 7.52. The van der Waals surface area contributed by atoms with Crippen LogP contribution in [-0.4, -0.2) is 68.1 Å². The molecule has 138 valence electrons. The Kier molecular flexibility index (Phi) is 7.40. The van der Waals surface area contributed by atoms with Crippen molar-refractivity contribution in [1.82, 2.24) is 9.80 Å². The first-order valence-corrected chi connectivity index (χ1v) is 8.92. The smallest absolute Gasteiger partial charge is 0.248 e. The molecule has 2 amide bonds. The zero-order valence-corrected chi connectivity index (χ0v) is 15.5. The number of nitrogens with zero attached hydrogens (tertiary/aromatic N) is 2. The van der Waals surface area contributed by atoms with Gasteiger partial charge < -0.3 is 15.0 Å². The van der Waals surface area contributed by atoms with Crippen LogP contribution in [0.3, 0.4) is 0 Å². The van der Waals surface area contributed by atoms with E-state index in [9.17, 15) is 9.59 Å². The number of benzene rings is 1. The lowest BCUT2D eigenvalue weighted by Crippen LogP contribution is -2.51. The van der Waals surface area contributed by atoms with E-state index in [4.69, 9.17) is 4.74 Å². The van der Waals surface area contributed by atoms with Crippen LogP contribution in [0.1, 0.15) is 31.7 Å². The lowest BCUT2D eigenvalue weighted by Gasteiger charge is -2.34. The number of anilines is 1. The molecule has 0 radical (unpaired) electrons. The van der Waals surface area contributed by atoms with Gasteiger partial charge in [-0.25, -0.2) is 0 Å². The molecule has 0 bridgehead atoms. The molecule has 1 N–H and O–H groups in total. The van der Waals surface area contributed by atoms with E-state index in [0.717, 1.165) is 12.1 Å². The molecule has 1 saturated heterocycles. The first-order chi connectivity index (χ1) is 12.0. The maximum atomic E-state index is 12.2. The van der Waals surface area contributed by atoms with Crippen LogP contribution in [0.2, 0.25) is 0 Å². The molecule has 0 aliphatic carbocycles. The Labute approximate surface area is 150 Å². The van der Waals surface area contributed by atoms with Crippen LogP contribution in [0.5, 0.6) is 0 Å². The van der Waals surface area contributed by atoms with Gasteiger partial charge in [0.2, 0.25) is 11.8 Å². The van der Waals surface area contributed by atoms with E-state index in [-0.39, 0.29) is 18.4 Å². The molecular formula is C19H29N3O3. The Bertz CT molecular complexity index is 566. The fourth-order valence-electron chi connectivity index (χ4n) is 2.90. The van der Waals surface area contributed by atoms with E-state index in [0.29, 0.717) is 38.6 Å². The molecule has 0 saturated carbocycles. The lowest BCUT2D eigenvalue weighted by molar-refractivity contribution is -0.137. The Hall–Kier alpha value is -1.92. The fourth-order valence-corrected chi connectivity index (χ4v) is 2.90. The minimum atomic E-state index is -0.0204. The van der Waals surface area contributed by atoms with Crippen molar-refractivity contribution in [2.45, 2.75) is 26.2 Å². The summed E-state index contributed by atoms with van der Waals surface area (Å²) in [5.74, 6) is 0.517. The molecule has 1 atom stereocenters. The van der Waals surface area contributed by atoms with Crippen molar-refractivity contribution in [2.24, 2.45) is 0 Å². The number of rotatable bonds is 7. The number of hydrogen-bond donors (Lipinski definition) is 1. The van der Waals surface area contributed by atoms with Crippen molar-refractivity contribution in [1.29, 1.82) is 0 Å². The number of ether oxygens (including phenoxy) is 1. The van der Waals surface area contributed by atoms with Gasteiger partial charge in [-0.05, 0) is 30.0 Å². The van der Waals surface area contributed by atoms with Crippen molar-refractivity contribution >= 4 is 17.5 Å². The van der Waals surface area contributed by atoms with Gasteiger partial charge >= 0.3 is 0 Å². The van der Waals surface area contributed by atoms with Gasteiger partial charge in [0.15, 0.2) is 0 Å². The molecule has 1 aliphatic rings. The zero-order valence-electron chi connectivity index (χ0n) is 15.5. The summed E-state index contributed by atoms with van der Waals surface area (Å²) < 4.78 is 4.88.